The SMILES string of the molecule is O=CC1COOc2ccccc21. The molecule has 62 valence electrons. The topological polar surface area (TPSA) is 35.5 Å². The van der Waals surface area contributed by atoms with Gasteiger partial charge in [-0.15, -0.1) is 0 Å². The zero-order valence-electron chi connectivity index (χ0n) is 6.40. The molecule has 3 heteroatoms. The van der Waals surface area contributed by atoms with Crippen molar-refractivity contribution >= 4 is 6.29 Å². The molecule has 0 fully saturated rings. The lowest BCUT2D eigenvalue weighted by atomic mass is 10.0. The van der Waals surface area contributed by atoms with Crippen LogP contribution < -0.4 is 4.89 Å². The molecular weight excluding hydrogens is 156 g/mol. The number of carbonyl (C=O) groups is 1. The number of hydrogen-bond donors (Lipinski definition) is 0. The van der Waals surface area contributed by atoms with E-state index in [1.54, 1.807) is 6.07 Å². The number of para-hydroxylation sites is 1. The fraction of sp³-hybridized carbons (Fsp3) is 0.222. The predicted molar refractivity (Wildman–Crippen MR) is 41.8 cm³/mol. The lowest BCUT2D eigenvalue weighted by molar-refractivity contribution is -0.219. The van der Waals surface area contributed by atoms with Crippen LogP contribution >= 0.6 is 0 Å². The average molecular weight is 164 g/mol. The molecular formula is C9H8O3. The molecule has 3 nitrogen and oxygen atoms in total. The van der Waals surface area contributed by atoms with Crippen LogP contribution in [0.25, 0.3) is 0 Å². The van der Waals surface area contributed by atoms with Crippen molar-refractivity contribution in [2.75, 3.05) is 6.61 Å². The van der Waals surface area contributed by atoms with Gasteiger partial charge in [0.25, 0.3) is 0 Å². The third-order valence-electron chi connectivity index (χ3n) is 1.88. The Morgan fingerprint density at radius 3 is 3.08 bits per heavy atom. The lowest BCUT2D eigenvalue weighted by Gasteiger charge is -2.19. The molecule has 0 saturated carbocycles. The minimum atomic E-state index is -0.185. The third-order valence-corrected chi connectivity index (χ3v) is 1.88. The molecule has 0 aromatic heterocycles. The summed E-state index contributed by atoms with van der Waals surface area (Å²) >= 11 is 0. The summed E-state index contributed by atoms with van der Waals surface area (Å²) in [7, 11) is 0. The number of hydrogen-bond acceptors (Lipinski definition) is 3. The zero-order chi connectivity index (χ0) is 8.39. The van der Waals surface area contributed by atoms with E-state index in [-0.39, 0.29) is 5.92 Å². The van der Waals surface area contributed by atoms with Gasteiger partial charge in [0, 0.05) is 5.56 Å². The second-order valence-corrected chi connectivity index (χ2v) is 2.65. The minimum Gasteiger partial charge on any atom is -0.337 e. The maximum atomic E-state index is 10.6. The van der Waals surface area contributed by atoms with Crippen molar-refractivity contribution in [3.8, 4) is 5.75 Å². The first-order valence-electron chi connectivity index (χ1n) is 3.75. The molecule has 1 aromatic rings. The van der Waals surface area contributed by atoms with E-state index in [1.807, 2.05) is 18.2 Å². The molecule has 1 aromatic carbocycles. The average Bonchev–Trinajstić information content (AvgIpc) is 2.17. The highest BCUT2D eigenvalue weighted by Crippen LogP contribution is 2.29. The van der Waals surface area contributed by atoms with Crippen LogP contribution in [-0.4, -0.2) is 12.9 Å². The number of carbonyl (C=O) groups excluding carboxylic acids is 1. The monoisotopic (exact) mass is 164 g/mol. The summed E-state index contributed by atoms with van der Waals surface area (Å²) in [6.45, 7) is 0.306. The first-order valence-corrected chi connectivity index (χ1v) is 3.75. The molecule has 1 heterocycles. The van der Waals surface area contributed by atoms with Crippen LogP contribution in [0.1, 0.15) is 11.5 Å². The summed E-state index contributed by atoms with van der Waals surface area (Å²) < 4.78 is 0. The van der Waals surface area contributed by atoms with Gasteiger partial charge in [-0.1, -0.05) is 18.2 Å². The molecule has 1 atom stereocenters. The van der Waals surface area contributed by atoms with Crippen molar-refractivity contribution < 1.29 is 14.6 Å². The molecule has 1 aliphatic heterocycles. The second-order valence-electron chi connectivity index (χ2n) is 2.65. The fourth-order valence-corrected chi connectivity index (χ4v) is 1.24. The summed E-state index contributed by atoms with van der Waals surface area (Å²) in [4.78, 5) is 20.3. The summed E-state index contributed by atoms with van der Waals surface area (Å²) in [5.74, 6) is 0.454. The van der Waals surface area contributed by atoms with E-state index in [0.29, 0.717) is 12.4 Å². The van der Waals surface area contributed by atoms with E-state index >= 15 is 0 Å². The molecule has 0 N–H and O–H groups in total. The predicted octanol–water partition coefficient (Wildman–Crippen LogP) is 1.29. The summed E-state index contributed by atoms with van der Waals surface area (Å²) in [6.07, 6.45) is 0.876. The zero-order valence-corrected chi connectivity index (χ0v) is 6.40. The van der Waals surface area contributed by atoms with E-state index in [9.17, 15) is 4.79 Å². The van der Waals surface area contributed by atoms with E-state index in [4.69, 9.17) is 9.78 Å². The number of aldehydes is 1. The number of fused-ring (bicyclic) bond motifs is 1. The van der Waals surface area contributed by atoms with Gasteiger partial charge in [-0.25, -0.2) is 0 Å². The maximum Gasteiger partial charge on any atom is 0.169 e. The highest BCUT2D eigenvalue weighted by Gasteiger charge is 2.21. The Kier molecular flexibility index (Phi) is 1.80. The smallest absolute Gasteiger partial charge is 0.169 e. The van der Waals surface area contributed by atoms with Crippen molar-refractivity contribution in [1.29, 1.82) is 0 Å². The molecule has 1 aliphatic rings. The highest BCUT2D eigenvalue weighted by atomic mass is 17.2. The van der Waals surface area contributed by atoms with Gasteiger partial charge < -0.3 is 9.68 Å². The first-order chi connectivity index (χ1) is 5.92. The summed E-state index contributed by atoms with van der Waals surface area (Å²) in [6, 6.07) is 7.38. The van der Waals surface area contributed by atoms with Crippen LogP contribution in [-0.2, 0) is 9.68 Å². The van der Waals surface area contributed by atoms with Crippen molar-refractivity contribution in [1.82, 2.24) is 0 Å². The minimum absolute atomic E-state index is 0.185. The van der Waals surface area contributed by atoms with Gasteiger partial charge in [0.2, 0.25) is 0 Å². The van der Waals surface area contributed by atoms with Crippen LogP contribution in [0.3, 0.4) is 0 Å². The van der Waals surface area contributed by atoms with E-state index < -0.39 is 0 Å². The standard InChI is InChI=1S/C9H8O3/c10-5-7-6-11-12-9-4-2-1-3-8(7)9/h1-5,7H,6H2. The van der Waals surface area contributed by atoms with Crippen LogP contribution in [0.4, 0.5) is 0 Å². The molecule has 0 spiro atoms. The number of benzene rings is 1. The van der Waals surface area contributed by atoms with Crippen LogP contribution in [0, 0.1) is 0 Å². The van der Waals surface area contributed by atoms with E-state index in [2.05, 4.69) is 0 Å². The van der Waals surface area contributed by atoms with Crippen molar-refractivity contribution in [2.24, 2.45) is 0 Å². The van der Waals surface area contributed by atoms with Crippen LogP contribution in [0.2, 0.25) is 0 Å². The van der Waals surface area contributed by atoms with Gasteiger partial charge in [-0.2, -0.15) is 4.89 Å². The lowest BCUT2D eigenvalue weighted by Crippen LogP contribution is -2.17. The van der Waals surface area contributed by atoms with Crippen LogP contribution in [0.5, 0.6) is 5.75 Å². The van der Waals surface area contributed by atoms with Crippen molar-refractivity contribution in [3.05, 3.63) is 29.8 Å². The van der Waals surface area contributed by atoms with E-state index in [1.165, 1.54) is 0 Å². The van der Waals surface area contributed by atoms with Gasteiger partial charge in [-0.05, 0) is 6.07 Å². The van der Waals surface area contributed by atoms with Gasteiger partial charge in [0.05, 0.1) is 5.92 Å². The molecule has 0 bridgehead atoms. The Labute approximate surface area is 69.8 Å². The van der Waals surface area contributed by atoms with Crippen molar-refractivity contribution in [3.63, 3.8) is 0 Å². The fourth-order valence-electron chi connectivity index (χ4n) is 1.24. The Morgan fingerprint density at radius 2 is 2.25 bits per heavy atom. The Balaban J connectivity index is 2.43. The highest BCUT2D eigenvalue weighted by molar-refractivity contribution is 5.64. The molecule has 12 heavy (non-hydrogen) atoms. The first kappa shape index (κ1) is 7.31. The molecule has 2 rings (SSSR count). The molecule has 0 amide bonds. The Hall–Kier alpha value is -1.35. The summed E-state index contributed by atoms with van der Waals surface area (Å²) in [5, 5.41) is 0. The van der Waals surface area contributed by atoms with Crippen molar-refractivity contribution in [2.45, 2.75) is 5.92 Å². The maximum absolute atomic E-state index is 10.6. The van der Waals surface area contributed by atoms with Gasteiger partial charge in [0.1, 0.15) is 12.9 Å². The molecule has 0 aliphatic carbocycles. The molecule has 0 radical (unpaired) electrons. The van der Waals surface area contributed by atoms with Gasteiger partial charge in [0.15, 0.2) is 5.75 Å². The van der Waals surface area contributed by atoms with E-state index in [0.717, 1.165) is 11.8 Å². The molecule has 0 saturated heterocycles. The van der Waals surface area contributed by atoms with Gasteiger partial charge in [-0.3, -0.25) is 0 Å². The summed E-state index contributed by atoms with van der Waals surface area (Å²) in [5.41, 5.74) is 0.902. The quantitative estimate of drug-likeness (QED) is 0.463. The Bertz CT molecular complexity index is 296. The van der Waals surface area contributed by atoms with Gasteiger partial charge >= 0.3 is 0 Å². The molecule has 1 unspecified atom stereocenters. The Morgan fingerprint density at radius 1 is 1.42 bits per heavy atom. The normalized spacial score (nSPS) is 20.8. The number of rotatable bonds is 1. The van der Waals surface area contributed by atoms with Crippen LogP contribution in [0.15, 0.2) is 24.3 Å². The third kappa shape index (κ3) is 1.08. The second kappa shape index (κ2) is 2.95. The largest absolute Gasteiger partial charge is 0.337 e.